The lowest BCUT2D eigenvalue weighted by atomic mass is 9.95. The number of aromatic nitrogens is 2. The largest absolute Gasteiger partial charge is 0.495 e. The summed E-state index contributed by atoms with van der Waals surface area (Å²) in [6.07, 6.45) is 0. The number of halogens is 1. The monoisotopic (exact) mass is 294 g/mol. The van der Waals surface area contributed by atoms with Gasteiger partial charge in [0.1, 0.15) is 11.4 Å². The van der Waals surface area contributed by atoms with Crippen LogP contribution in [0.2, 0.25) is 5.02 Å². The molecule has 0 saturated carbocycles. The van der Waals surface area contributed by atoms with Gasteiger partial charge in [-0.25, -0.2) is 4.79 Å². The van der Waals surface area contributed by atoms with Gasteiger partial charge in [-0.15, -0.1) is 0 Å². The summed E-state index contributed by atoms with van der Waals surface area (Å²) in [5.41, 5.74) is 4.13. The van der Waals surface area contributed by atoms with Crippen molar-refractivity contribution in [2.75, 3.05) is 7.11 Å². The van der Waals surface area contributed by atoms with Crippen molar-refractivity contribution in [1.82, 2.24) is 10.2 Å². The van der Waals surface area contributed by atoms with Gasteiger partial charge in [-0.1, -0.05) is 11.6 Å². The predicted molar refractivity (Wildman–Crippen MR) is 76.8 cm³/mol. The normalized spacial score (nSPS) is 10.7. The Hall–Kier alpha value is -2.01. The lowest BCUT2D eigenvalue weighted by molar-refractivity contribution is 0.0690. The van der Waals surface area contributed by atoms with Crippen LogP contribution < -0.4 is 4.74 Å². The maximum Gasteiger partial charge on any atom is 0.353 e. The Morgan fingerprint density at radius 1 is 1.30 bits per heavy atom. The molecule has 106 valence electrons. The van der Waals surface area contributed by atoms with E-state index in [9.17, 15) is 4.79 Å². The number of rotatable bonds is 3. The quantitative estimate of drug-likeness (QED) is 0.910. The summed E-state index contributed by atoms with van der Waals surface area (Å²) < 4.78 is 5.32. The van der Waals surface area contributed by atoms with Crippen molar-refractivity contribution in [3.63, 3.8) is 0 Å². The molecule has 0 amide bonds. The van der Waals surface area contributed by atoms with Crippen LogP contribution >= 0.6 is 11.6 Å². The minimum Gasteiger partial charge on any atom is -0.495 e. The smallest absolute Gasteiger partial charge is 0.353 e. The van der Waals surface area contributed by atoms with Gasteiger partial charge in [0.15, 0.2) is 0 Å². The van der Waals surface area contributed by atoms with Gasteiger partial charge in [0.25, 0.3) is 0 Å². The molecule has 0 aliphatic carbocycles. The number of ether oxygens (including phenoxy) is 1. The van der Waals surface area contributed by atoms with E-state index in [-0.39, 0.29) is 5.69 Å². The highest BCUT2D eigenvalue weighted by atomic mass is 35.5. The fourth-order valence-corrected chi connectivity index (χ4v) is 2.58. The first kappa shape index (κ1) is 14.4. The fraction of sp³-hybridized carbons (Fsp3) is 0.286. The number of benzene rings is 1. The number of methoxy groups -OCH3 is 1. The van der Waals surface area contributed by atoms with Crippen LogP contribution in [0.1, 0.15) is 27.2 Å². The summed E-state index contributed by atoms with van der Waals surface area (Å²) in [6, 6.07) is 1.50. The van der Waals surface area contributed by atoms with Gasteiger partial charge < -0.3 is 9.84 Å². The van der Waals surface area contributed by atoms with Crippen LogP contribution in [0.3, 0.4) is 0 Å². The second kappa shape index (κ2) is 5.17. The van der Waals surface area contributed by atoms with E-state index < -0.39 is 5.97 Å². The number of hydrogen-bond acceptors (Lipinski definition) is 3. The van der Waals surface area contributed by atoms with Gasteiger partial charge in [-0.05, 0) is 43.5 Å². The van der Waals surface area contributed by atoms with E-state index >= 15 is 0 Å². The van der Waals surface area contributed by atoms with Crippen molar-refractivity contribution in [3.8, 4) is 17.0 Å². The van der Waals surface area contributed by atoms with Gasteiger partial charge in [-0.2, -0.15) is 5.10 Å². The van der Waals surface area contributed by atoms with E-state index in [0.29, 0.717) is 16.5 Å². The first-order valence-corrected chi connectivity index (χ1v) is 6.38. The molecule has 0 aliphatic rings. The molecule has 5 nitrogen and oxygen atoms in total. The highest BCUT2D eigenvalue weighted by Crippen LogP contribution is 2.40. The average Bonchev–Trinajstić information content (AvgIpc) is 2.87. The molecule has 2 aromatic rings. The third-order valence-corrected chi connectivity index (χ3v) is 3.91. The third kappa shape index (κ3) is 2.14. The highest BCUT2D eigenvalue weighted by molar-refractivity contribution is 6.33. The second-order valence-electron chi connectivity index (χ2n) is 4.57. The zero-order valence-electron chi connectivity index (χ0n) is 11.7. The number of nitrogens with one attached hydrogen (secondary N) is 1. The molecule has 20 heavy (non-hydrogen) atoms. The van der Waals surface area contributed by atoms with Crippen molar-refractivity contribution in [3.05, 3.63) is 33.5 Å². The minimum absolute atomic E-state index is 0.0448. The van der Waals surface area contributed by atoms with Crippen molar-refractivity contribution in [1.29, 1.82) is 0 Å². The fourth-order valence-electron chi connectivity index (χ4n) is 2.27. The summed E-state index contributed by atoms with van der Waals surface area (Å²) in [5.74, 6) is -0.408. The molecule has 0 radical (unpaired) electrons. The average molecular weight is 295 g/mol. The van der Waals surface area contributed by atoms with Gasteiger partial charge in [0.05, 0.1) is 17.8 Å². The zero-order valence-corrected chi connectivity index (χ0v) is 12.4. The first-order valence-electron chi connectivity index (χ1n) is 6.00. The maximum atomic E-state index is 10.9. The predicted octanol–water partition coefficient (Wildman–Crippen LogP) is 3.36. The summed E-state index contributed by atoms with van der Waals surface area (Å²) in [4.78, 5) is 10.9. The van der Waals surface area contributed by atoms with Gasteiger partial charge in [0.2, 0.25) is 0 Å². The van der Waals surface area contributed by atoms with Crippen LogP contribution in [-0.4, -0.2) is 28.4 Å². The van der Waals surface area contributed by atoms with Crippen molar-refractivity contribution in [2.45, 2.75) is 20.8 Å². The molecule has 0 bridgehead atoms. The van der Waals surface area contributed by atoms with Gasteiger partial charge in [0, 0.05) is 5.56 Å². The van der Waals surface area contributed by atoms with Crippen LogP contribution in [0.25, 0.3) is 11.3 Å². The van der Waals surface area contributed by atoms with Gasteiger partial charge >= 0.3 is 5.97 Å². The third-order valence-electron chi connectivity index (χ3n) is 3.45. The Labute approximate surface area is 121 Å². The number of carbonyl (C=O) groups is 1. The molecule has 0 aliphatic heterocycles. The minimum atomic E-state index is -1.05. The lowest BCUT2D eigenvalue weighted by Gasteiger charge is -2.17. The van der Waals surface area contributed by atoms with E-state index in [1.165, 1.54) is 6.07 Å². The summed E-state index contributed by atoms with van der Waals surface area (Å²) in [5, 5.41) is 16.0. The number of H-pyrrole nitrogens is 1. The molecule has 0 saturated heterocycles. The van der Waals surface area contributed by atoms with Gasteiger partial charge in [-0.3, -0.25) is 5.10 Å². The number of carboxylic acid groups (broad SMARTS) is 1. The Kier molecular flexibility index (Phi) is 3.72. The molecule has 0 fully saturated rings. The summed E-state index contributed by atoms with van der Waals surface area (Å²) >= 11 is 6.32. The lowest BCUT2D eigenvalue weighted by Crippen LogP contribution is -1.98. The number of hydrogen-bond donors (Lipinski definition) is 2. The molecule has 2 N–H and O–H groups in total. The molecule has 0 spiro atoms. The van der Waals surface area contributed by atoms with Crippen LogP contribution in [-0.2, 0) is 0 Å². The number of carboxylic acids is 1. The molecule has 6 heteroatoms. The van der Waals surface area contributed by atoms with E-state index in [4.69, 9.17) is 21.4 Å². The number of nitrogens with zero attached hydrogens (tertiary/aromatic N) is 1. The summed E-state index contributed by atoms with van der Waals surface area (Å²) in [7, 11) is 1.57. The SMILES string of the molecule is COc1c(C)c(C)c(-c2cc(C(=O)O)[nH]n2)c(C)c1Cl. The molecular weight excluding hydrogens is 280 g/mol. The Balaban J connectivity index is 2.71. The van der Waals surface area contributed by atoms with E-state index in [0.717, 1.165) is 22.3 Å². The van der Waals surface area contributed by atoms with Crippen LogP contribution in [0.15, 0.2) is 6.07 Å². The second-order valence-corrected chi connectivity index (χ2v) is 4.95. The Morgan fingerprint density at radius 2 is 1.95 bits per heavy atom. The molecule has 1 aromatic heterocycles. The van der Waals surface area contributed by atoms with Crippen molar-refractivity contribution >= 4 is 17.6 Å². The maximum absolute atomic E-state index is 10.9. The van der Waals surface area contributed by atoms with E-state index in [1.54, 1.807) is 7.11 Å². The van der Waals surface area contributed by atoms with Crippen molar-refractivity contribution < 1.29 is 14.6 Å². The van der Waals surface area contributed by atoms with Crippen LogP contribution in [0.4, 0.5) is 0 Å². The van der Waals surface area contributed by atoms with E-state index in [1.807, 2.05) is 20.8 Å². The van der Waals surface area contributed by atoms with Crippen molar-refractivity contribution in [2.24, 2.45) is 0 Å². The first-order chi connectivity index (χ1) is 9.38. The number of aromatic carboxylic acids is 1. The summed E-state index contributed by atoms with van der Waals surface area (Å²) in [6.45, 7) is 5.71. The Morgan fingerprint density at radius 3 is 2.45 bits per heavy atom. The number of aromatic amines is 1. The molecule has 1 heterocycles. The topological polar surface area (TPSA) is 75.2 Å². The molecule has 0 unspecified atom stereocenters. The zero-order chi connectivity index (χ0) is 15.0. The molecule has 0 atom stereocenters. The molecule has 1 aromatic carbocycles. The van der Waals surface area contributed by atoms with Crippen LogP contribution in [0, 0.1) is 20.8 Å². The standard InChI is InChI=1S/C14H15ClN2O3/c1-6-7(2)13(20-4)12(15)8(3)11(6)9-5-10(14(18)19)17-16-9/h5H,1-4H3,(H,16,17)(H,18,19). The van der Waals surface area contributed by atoms with Crippen LogP contribution in [0.5, 0.6) is 5.75 Å². The van der Waals surface area contributed by atoms with E-state index in [2.05, 4.69) is 10.2 Å². The highest BCUT2D eigenvalue weighted by Gasteiger charge is 2.20. The molecular formula is C14H15ClN2O3. The Bertz CT molecular complexity index is 663. The molecule has 2 rings (SSSR count).